The first-order valence-corrected chi connectivity index (χ1v) is 9.38. The fraction of sp³-hybridized carbons (Fsp3) is 0.294. The van der Waals surface area contributed by atoms with Gasteiger partial charge in [0.1, 0.15) is 5.76 Å². The highest BCUT2D eigenvalue weighted by Gasteiger charge is 2.20. The van der Waals surface area contributed by atoms with Crippen LogP contribution in [0.4, 0.5) is 4.79 Å². The van der Waals surface area contributed by atoms with E-state index in [1.807, 2.05) is 4.72 Å². The fourth-order valence-electron chi connectivity index (χ4n) is 2.36. The molecule has 1 aromatic carbocycles. The minimum Gasteiger partial charge on any atom is -0.467 e. The summed E-state index contributed by atoms with van der Waals surface area (Å²) in [7, 11) is -2.71. The summed E-state index contributed by atoms with van der Waals surface area (Å²) in [6, 6.07) is 7.00. The van der Waals surface area contributed by atoms with Gasteiger partial charge < -0.3 is 15.1 Å². The molecule has 0 aliphatic rings. The average molecular weight is 379 g/mol. The van der Waals surface area contributed by atoms with Gasteiger partial charge in [0.05, 0.1) is 23.6 Å². The van der Waals surface area contributed by atoms with Crippen LogP contribution < -0.4 is 15.4 Å². The molecule has 0 radical (unpaired) electrons. The molecule has 2 aromatic rings. The molecule has 1 aromatic heterocycles. The van der Waals surface area contributed by atoms with Crippen molar-refractivity contribution in [3.8, 4) is 0 Å². The van der Waals surface area contributed by atoms with Crippen molar-refractivity contribution < 1.29 is 22.4 Å². The number of hydrogen-bond donors (Lipinski definition) is 3. The highest BCUT2D eigenvalue weighted by atomic mass is 32.2. The van der Waals surface area contributed by atoms with Crippen molar-refractivity contribution in [3.05, 3.63) is 53.5 Å². The first-order valence-electron chi connectivity index (χ1n) is 7.89. The smallest absolute Gasteiger partial charge is 0.328 e. The molecule has 26 heavy (non-hydrogen) atoms. The molecule has 0 saturated heterocycles. The predicted molar refractivity (Wildman–Crippen MR) is 94.9 cm³/mol. The van der Waals surface area contributed by atoms with Crippen LogP contribution >= 0.6 is 0 Å². The van der Waals surface area contributed by atoms with E-state index in [-0.39, 0.29) is 23.3 Å². The molecule has 0 saturated carbocycles. The van der Waals surface area contributed by atoms with Crippen LogP contribution in [0, 0.1) is 6.92 Å². The van der Waals surface area contributed by atoms with Gasteiger partial charge >= 0.3 is 6.03 Å². The number of hydrogen-bond acceptors (Lipinski definition) is 5. The van der Waals surface area contributed by atoms with E-state index in [1.54, 1.807) is 38.1 Å². The van der Waals surface area contributed by atoms with Gasteiger partial charge in [-0.05, 0) is 43.2 Å². The fourth-order valence-corrected chi connectivity index (χ4v) is 3.61. The summed E-state index contributed by atoms with van der Waals surface area (Å²) in [5.74, 6) is 0.348. The van der Waals surface area contributed by atoms with E-state index in [9.17, 15) is 18.0 Å². The number of sulfonamides is 1. The third-order valence-electron chi connectivity index (χ3n) is 3.71. The number of nitrogens with one attached hydrogen (secondary N) is 3. The molecule has 0 spiro atoms. The van der Waals surface area contributed by atoms with Crippen LogP contribution in [0.1, 0.15) is 29.9 Å². The zero-order valence-corrected chi connectivity index (χ0v) is 15.5. The molecule has 0 aliphatic carbocycles. The molecule has 0 aliphatic heterocycles. The molecule has 1 atom stereocenters. The highest BCUT2D eigenvalue weighted by Crippen LogP contribution is 2.18. The number of amides is 3. The summed E-state index contributed by atoms with van der Waals surface area (Å²) in [4.78, 5) is 23.5. The molecule has 0 bridgehead atoms. The Kier molecular flexibility index (Phi) is 6.04. The quantitative estimate of drug-likeness (QED) is 0.705. The van der Waals surface area contributed by atoms with Crippen molar-refractivity contribution in [1.29, 1.82) is 0 Å². The number of aryl methyl sites for hydroxylation is 1. The maximum Gasteiger partial charge on any atom is 0.328 e. The van der Waals surface area contributed by atoms with Crippen LogP contribution in [0.3, 0.4) is 0 Å². The van der Waals surface area contributed by atoms with Crippen LogP contribution in [-0.2, 0) is 21.2 Å². The van der Waals surface area contributed by atoms with E-state index in [2.05, 4.69) is 10.6 Å². The normalized spacial score (nSPS) is 12.3. The summed E-state index contributed by atoms with van der Waals surface area (Å²) >= 11 is 0. The molecule has 1 unspecified atom stereocenters. The van der Waals surface area contributed by atoms with Crippen LogP contribution in [-0.4, -0.2) is 27.4 Å². The second-order valence-corrected chi connectivity index (χ2v) is 7.42. The minimum atomic E-state index is -4.03. The maximum atomic E-state index is 12.3. The summed E-state index contributed by atoms with van der Waals surface area (Å²) < 4.78 is 31.8. The summed E-state index contributed by atoms with van der Waals surface area (Å²) in [6.45, 7) is 3.40. The first-order chi connectivity index (χ1) is 12.2. The van der Waals surface area contributed by atoms with Gasteiger partial charge in [-0.2, -0.15) is 0 Å². The topological polar surface area (TPSA) is 118 Å². The lowest BCUT2D eigenvalue weighted by atomic mass is 10.1. The summed E-state index contributed by atoms with van der Waals surface area (Å²) in [6.07, 6.45) is 1.52. The monoisotopic (exact) mass is 379 g/mol. The van der Waals surface area contributed by atoms with Crippen LogP contribution in [0.5, 0.6) is 0 Å². The predicted octanol–water partition coefficient (Wildman–Crippen LogP) is 1.63. The Balaban J connectivity index is 2.13. The molecular weight excluding hydrogens is 358 g/mol. The van der Waals surface area contributed by atoms with Gasteiger partial charge in [0.15, 0.2) is 0 Å². The van der Waals surface area contributed by atoms with E-state index >= 15 is 0 Å². The third-order valence-corrected chi connectivity index (χ3v) is 5.18. The highest BCUT2D eigenvalue weighted by molar-refractivity contribution is 7.90. The lowest BCUT2D eigenvalue weighted by Crippen LogP contribution is -2.37. The zero-order valence-electron chi connectivity index (χ0n) is 14.7. The van der Waals surface area contributed by atoms with Gasteiger partial charge in [0, 0.05) is 7.05 Å². The summed E-state index contributed by atoms with van der Waals surface area (Å²) in [5, 5.41) is 4.97. The lowest BCUT2D eigenvalue weighted by Gasteiger charge is -2.13. The average Bonchev–Trinajstić information content (AvgIpc) is 3.10. The lowest BCUT2D eigenvalue weighted by molar-refractivity contribution is -0.121. The van der Waals surface area contributed by atoms with Crippen molar-refractivity contribution >= 4 is 22.0 Å². The van der Waals surface area contributed by atoms with Gasteiger partial charge in [0.25, 0.3) is 10.0 Å². The van der Waals surface area contributed by atoms with Crippen molar-refractivity contribution in [2.45, 2.75) is 31.2 Å². The Morgan fingerprint density at radius 2 is 1.96 bits per heavy atom. The second kappa shape index (κ2) is 8.05. The molecule has 3 amide bonds. The van der Waals surface area contributed by atoms with Crippen LogP contribution in [0.2, 0.25) is 0 Å². The molecule has 8 nitrogen and oxygen atoms in total. The largest absolute Gasteiger partial charge is 0.467 e. The van der Waals surface area contributed by atoms with E-state index < -0.39 is 16.1 Å². The number of carbonyl (C=O) groups excluding carboxylic acids is 2. The Morgan fingerprint density at radius 3 is 2.58 bits per heavy atom. The maximum absolute atomic E-state index is 12.3. The molecule has 3 N–H and O–H groups in total. The van der Waals surface area contributed by atoms with Crippen molar-refractivity contribution in [2.24, 2.45) is 0 Å². The molecule has 9 heteroatoms. The Labute approximate surface area is 152 Å². The number of benzene rings is 1. The molecule has 1 heterocycles. The second-order valence-electron chi connectivity index (χ2n) is 5.77. The zero-order chi connectivity index (χ0) is 19.3. The number of furan rings is 1. The van der Waals surface area contributed by atoms with E-state index in [1.165, 1.54) is 19.4 Å². The molecule has 2 rings (SSSR count). The van der Waals surface area contributed by atoms with Gasteiger partial charge in [-0.15, -0.1) is 0 Å². The molecular formula is C17H21N3O5S. The van der Waals surface area contributed by atoms with Crippen LogP contribution in [0.25, 0.3) is 0 Å². The number of rotatable bonds is 6. The summed E-state index contributed by atoms with van der Waals surface area (Å²) in [5.41, 5.74) is 0.978. The van der Waals surface area contributed by atoms with Gasteiger partial charge in [-0.3, -0.25) is 4.79 Å². The first kappa shape index (κ1) is 19.5. The third kappa shape index (κ3) is 4.85. The van der Waals surface area contributed by atoms with Crippen molar-refractivity contribution in [2.75, 3.05) is 7.05 Å². The Hall–Kier alpha value is -2.81. The van der Waals surface area contributed by atoms with E-state index in [4.69, 9.17) is 4.42 Å². The Bertz CT molecular complexity index is 891. The van der Waals surface area contributed by atoms with Gasteiger partial charge in [0.2, 0.25) is 5.91 Å². The number of carbonyl (C=O) groups is 2. The van der Waals surface area contributed by atoms with E-state index in [0.29, 0.717) is 16.9 Å². The van der Waals surface area contributed by atoms with Crippen molar-refractivity contribution in [3.63, 3.8) is 0 Å². The standard InChI is InChI=1S/C17H21N3O5S/c1-11-6-7-13(9-15(11)26(23,24)20-17(22)18-3)10-16(21)19-12(2)14-5-4-8-25-14/h4-9,12H,10H2,1-3H3,(H,19,21)(H2,18,20,22). The van der Waals surface area contributed by atoms with Gasteiger partial charge in [-0.25, -0.2) is 17.9 Å². The van der Waals surface area contributed by atoms with Gasteiger partial charge in [-0.1, -0.05) is 12.1 Å². The number of urea groups is 1. The van der Waals surface area contributed by atoms with E-state index in [0.717, 1.165) is 0 Å². The minimum absolute atomic E-state index is 0.00613. The molecule has 0 fully saturated rings. The SMILES string of the molecule is CNC(=O)NS(=O)(=O)c1cc(CC(=O)NC(C)c2ccco2)ccc1C. The Morgan fingerprint density at radius 1 is 1.23 bits per heavy atom. The molecule has 140 valence electrons. The van der Waals surface area contributed by atoms with Crippen molar-refractivity contribution in [1.82, 2.24) is 15.4 Å². The van der Waals surface area contributed by atoms with Crippen LogP contribution in [0.15, 0.2) is 45.9 Å².